The zero-order valence-corrected chi connectivity index (χ0v) is 12.9. The van der Waals surface area contributed by atoms with Crippen LogP contribution in [0.5, 0.6) is 0 Å². The summed E-state index contributed by atoms with van der Waals surface area (Å²) in [6.07, 6.45) is 2.59. The maximum absolute atomic E-state index is 11.3. The molecule has 106 valence electrons. The Morgan fingerprint density at radius 2 is 1.95 bits per heavy atom. The van der Waals surface area contributed by atoms with Crippen molar-refractivity contribution in [1.29, 1.82) is 0 Å². The molecule has 0 atom stereocenters. The summed E-state index contributed by atoms with van der Waals surface area (Å²) in [5.41, 5.74) is 1.56. The Kier molecular flexibility index (Phi) is 4.52. The van der Waals surface area contributed by atoms with E-state index < -0.39 is 9.84 Å². The number of sulfone groups is 1. The summed E-state index contributed by atoms with van der Waals surface area (Å²) in [6.45, 7) is 0.472. The van der Waals surface area contributed by atoms with Crippen LogP contribution in [0.4, 0.5) is 5.69 Å². The Balaban J connectivity index is 2.10. The SMILES string of the molecule is CS(=O)(=O)c1ccc(NCc2cc(Cl)ccc2Cl)cn1. The van der Waals surface area contributed by atoms with E-state index in [4.69, 9.17) is 23.2 Å². The first-order valence-electron chi connectivity index (χ1n) is 5.70. The van der Waals surface area contributed by atoms with E-state index in [1.807, 2.05) is 0 Å². The van der Waals surface area contributed by atoms with Gasteiger partial charge in [0.15, 0.2) is 14.9 Å². The van der Waals surface area contributed by atoms with Crippen LogP contribution in [0.1, 0.15) is 5.56 Å². The van der Waals surface area contributed by atoms with Crippen molar-refractivity contribution < 1.29 is 8.42 Å². The highest BCUT2D eigenvalue weighted by molar-refractivity contribution is 7.90. The number of nitrogens with one attached hydrogen (secondary N) is 1. The minimum absolute atomic E-state index is 0.0452. The summed E-state index contributed by atoms with van der Waals surface area (Å²) in [6, 6.07) is 8.33. The molecule has 4 nitrogen and oxygen atoms in total. The molecule has 0 aliphatic heterocycles. The van der Waals surface area contributed by atoms with E-state index in [2.05, 4.69) is 10.3 Å². The molecule has 0 radical (unpaired) electrons. The zero-order chi connectivity index (χ0) is 14.8. The molecule has 1 heterocycles. The van der Waals surface area contributed by atoms with Crippen molar-refractivity contribution in [3.63, 3.8) is 0 Å². The van der Waals surface area contributed by atoms with Gasteiger partial charge in [-0.3, -0.25) is 0 Å². The first-order valence-corrected chi connectivity index (χ1v) is 8.35. The highest BCUT2D eigenvalue weighted by Crippen LogP contribution is 2.21. The van der Waals surface area contributed by atoms with Crippen molar-refractivity contribution in [2.45, 2.75) is 11.6 Å². The normalized spacial score (nSPS) is 11.3. The van der Waals surface area contributed by atoms with Crippen LogP contribution in [-0.2, 0) is 16.4 Å². The maximum atomic E-state index is 11.3. The second kappa shape index (κ2) is 5.99. The molecule has 0 saturated heterocycles. The molecule has 1 aromatic carbocycles. The molecule has 0 fully saturated rings. The summed E-state index contributed by atoms with van der Waals surface area (Å²) >= 11 is 12.0. The molecule has 0 amide bonds. The van der Waals surface area contributed by atoms with Crippen molar-refractivity contribution >= 4 is 38.7 Å². The first kappa shape index (κ1) is 15.1. The fraction of sp³-hybridized carbons (Fsp3) is 0.154. The third-order valence-corrected chi connectivity index (χ3v) is 4.21. The minimum atomic E-state index is -3.28. The van der Waals surface area contributed by atoms with Gasteiger partial charge in [0.1, 0.15) is 0 Å². The lowest BCUT2D eigenvalue weighted by molar-refractivity contribution is 0.598. The van der Waals surface area contributed by atoms with Crippen LogP contribution in [0.2, 0.25) is 10.0 Å². The van der Waals surface area contributed by atoms with Crippen molar-refractivity contribution in [2.24, 2.45) is 0 Å². The molecular weight excluding hydrogens is 319 g/mol. The molecule has 0 unspecified atom stereocenters. The lowest BCUT2D eigenvalue weighted by atomic mass is 10.2. The third-order valence-electron chi connectivity index (χ3n) is 2.61. The van der Waals surface area contributed by atoms with Crippen LogP contribution in [-0.4, -0.2) is 19.7 Å². The van der Waals surface area contributed by atoms with Gasteiger partial charge in [-0.25, -0.2) is 13.4 Å². The van der Waals surface area contributed by atoms with E-state index in [-0.39, 0.29) is 5.03 Å². The molecule has 0 spiro atoms. The topological polar surface area (TPSA) is 59.1 Å². The third kappa shape index (κ3) is 3.85. The van der Waals surface area contributed by atoms with Gasteiger partial charge in [0.05, 0.1) is 11.9 Å². The highest BCUT2D eigenvalue weighted by atomic mass is 35.5. The predicted molar refractivity (Wildman–Crippen MR) is 81.1 cm³/mol. The monoisotopic (exact) mass is 330 g/mol. The molecule has 0 aliphatic carbocycles. The second-order valence-corrected chi connectivity index (χ2v) is 7.05. The van der Waals surface area contributed by atoms with Gasteiger partial charge >= 0.3 is 0 Å². The molecular formula is C13H12Cl2N2O2S. The average Bonchev–Trinajstić information content (AvgIpc) is 2.39. The number of hydrogen-bond donors (Lipinski definition) is 1. The fourth-order valence-electron chi connectivity index (χ4n) is 1.58. The fourth-order valence-corrected chi connectivity index (χ4v) is 2.52. The number of pyridine rings is 1. The summed E-state index contributed by atoms with van der Waals surface area (Å²) in [4.78, 5) is 3.89. The number of halogens is 2. The van der Waals surface area contributed by atoms with Gasteiger partial charge in [-0.05, 0) is 35.9 Å². The molecule has 2 aromatic rings. The Morgan fingerprint density at radius 3 is 2.55 bits per heavy atom. The van der Waals surface area contributed by atoms with E-state index >= 15 is 0 Å². The molecule has 1 aromatic heterocycles. The Labute approximate surface area is 127 Å². The quantitative estimate of drug-likeness (QED) is 0.933. The number of rotatable bonds is 4. The number of benzene rings is 1. The van der Waals surface area contributed by atoms with Crippen molar-refractivity contribution in [3.8, 4) is 0 Å². The van der Waals surface area contributed by atoms with Crippen LogP contribution in [0.3, 0.4) is 0 Å². The number of hydrogen-bond acceptors (Lipinski definition) is 4. The lowest BCUT2D eigenvalue weighted by Gasteiger charge is -2.08. The number of nitrogens with zero attached hydrogens (tertiary/aromatic N) is 1. The molecule has 2 rings (SSSR count). The predicted octanol–water partition coefficient (Wildman–Crippen LogP) is 3.40. The van der Waals surface area contributed by atoms with E-state index in [9.17, 15) is 8.42 Å². The number of anilines is 1. The Bertz CT molecular complexity index is 716. The van der Waals surface area contributed by atoms with Gasteiger partial charge < -0.3 is 5.32 Å². The Hall–Kier alpha value is -1.30. The van der Waals surface area contributed by atoms with Gasteiger partial charge in [-0.1, -0.05) is 23.2 Å². The summed E-state index contributed by atoms with van der Waals surface area (Å²) in [7, 11) is -3.28. The molecule has 1 N–H and O–H groups in total. The molecule has 0 aliphatic rings. The van der Waals surface area contributed by atoms with E-state index in [1.165, 1.54) is 12.3 Å². The maximum Gasteiger partial charge on any atom is 0.192 e. The largest absolute Gasteiger partial charge is 0.380 e. The zero-order valence-electron chi connectivity index (χ0n) is 10.6. The number of aromatic nitrogens is 1. The summed E-state index contributed by atoms with van der Waals surface area (Å²) in [5.74, 6) is 0. The smallest absolute Gasteiger partial charge is 0.192 e. The standard InChI is InChI=1S/C13H12Cl2N2O2S/c1-20(18,19)13-5-3-11(8-17-13)16-7-9-6-10(14)2-4-12(9)15/h2-6,8,16H,7H2,1H3. The van der Waals surface area contributed by atoms with Crippen LogP contribution in [0.25, 0.3) is 0 Å². The highest BCUT2D eigenvalue weighted by Gasteiger charge is 2.08. The van der Waals surface area contributed by atoms with Gasteiger partial charge in [0, 0.05) is 22.8 Å². The molecule has 7 heteroatoms. The Morgan fingerprint density at radius 1 is 1.20 bits per heavy atom. The van der Waals surface area contributed by atoms with Gasteiger partial charge in [-0.15, -0.1) is 0 Å². The average molecular weight is 331 g/mol. The second-order valence-electron chi connectivity index (χ2n) is 4.25. The summed E-state index contributed by atoms with van der Waals surface area (Å²) in [5, 5.41) is 4.37. The van der Waals surface area contributed by atoms with Crippen LogP contribution in [0, 0.1) is 0 Å². The van der Waals surface area contributed by atoms with Gasteiger partial charge in [0.2, 0.25) is 0 Å². The van der Waals surface area contributed by atoms with Crippen LogP contribution in [0.15, 0.2) is 41.6 Å². The van der Waals surface area contributed by atoms with Crippen molar-refractivity contribution in [3.05, 3.63) is 52.1 Å². The molecule has 0 bridgehead atoms. The van der Waals surface area contributed by atoms with Gasteiger partial charge in [0.25, 0.3) is 0 Å². The van der Waals surface area contributed by atoms with Crippen LogP contribution < -0.4 is 5.32 Å². The molecule has 0 saturated carbocycles. The lowest BCUT2D eigenvalue weighted by Crippen LogP contribution is -2.03. The van der Waals surface area contributed by atoms with E-state index in [0.717, 1.165) is 11.8 Å². The van der Waals surface area contributed by atoms with Crippen molar-refractivity contribution in [1.82, 2.24) is 4.98 Å². The first-order chi connectivity index (χ1) is 9.36. The molecule has 20 heavy (non-hydrogen) atoms. The van der Waals surface area contributed by atoms with E-state index in [1.54, 1.807) is 24.3 Å². The van der Waals surface area contributed by atoms with Gasteiger partial charge in [-0.2, -0.15) is 0 Å². The van der Waals surface area contributed by atoms with Crippen molar-refractivity contribution in [2.75, 3.05) is 11.6 Å². The summed E-state index contributed by atoms with van der Waals surface area (Å²) < 4.78 is 22.6. The van der Waals surface area contributed by atoms with Crippen LogP contribution >= 0.6 is 23.2 Å². The van der Waals surface area contributed by atoms with E-state index in [0.29, 0.717) is 22.3 Å². The minimum Gasteiger partial charge on any atom is -0.380 e.